The van der Waals surface area contributed by atoms with Crippen LogP contribution in [0.25, 0.3) is 0 Å². The van der Waals surface area contributed by atoms with Crippen molar-refractivity contribution in [2.45, 2.75) is 13.0 Å². The van der Waals surface area contributed by atoms with E-state index in [-0.39, 0.29) is 6.61 Å². The molecule has 128 valence electrons. The van der Waals surface area contributed by atoms with Gasteiger partial charge in [-0.1, -0.05) is 36.4 Å². The van der Waals surface area contributed by atoms with Gasteiger partial charge < -0.3 is 19.5 Å². The first-order valence-corrected chi connectivity index (χ1v) is 8.29. The standard InChI is InChI=1S/C18H20BrNO4/c1-22-15-9-8-14(16(19)17(15)23-2)10-11-20-18(21)24-12-13-6-4-3-5-7-13/h3-9H,10-12H2,1-2H3,(H,20,21). The Morgan fingerprint density at radius 1 is 1.08 bits per heavy atom. The number of ether oxygens (including phenoxy) is 3. The summed E-state index contributed by atoms with van der Waals surface area (Å²) in [5, 5.41) is 2.74. The normalized spacial score (nSPS) is 10.1. The maximum absolute atomic E-state index is 11.7. The molecule has 0 atom stereocenters. The van der Waals surface area contributed by atoms with Crippen LogP contribution in [0.2, 0.25) is 0 Å². The van der Waals surface area contributed by atoms with E-state index in [9.17, 15) is 4.79 Å². The van der Waals surface area contributed by atoms with Gasteiger partial charge in [-0.05, 0) is 39.5 Å². The summed E-state index contributed by atoms with van der Waals surface area (Å²) in [5.41, 5.74) is 1.96. The molecule has 24 heavy (non-hydrogen) atoms. The Morgan fingerprint density at radius 2 is 1.83 bits per heavy atom. The molecule has 2 rings (SSSR count). The smallest absolute Gasteiger partial charge is 0.407 e. The van der Waals surface area contributed by atoms with Crippen molar-refractivity contribution in [3.8, 4) is 11.5 Å². The van der Waals surface area contributed by atoms with Crippen molar-refractivity contribution < 1.29 is 19.0 Å². The Morgan fingerprint density at radius 3 is 2.50 bits per heavy atom. The average molecular weight is 394 g/mol. The van der Waals surface area contributed by atoms with Crippen LogP contribution in [-0.2, 0) is 17.8 Å². The van der Waals surface area contributed by atoms with Gasteiger partial charge in [-0.15, -0.1) is 0 Å². The molecule has 6 heteroatoms. The number of carbonyl (C=O) groups is 1. The molecule has 2 aromatic rings. The maximum atomic E-state index is 11.7. The van der Waals surface area contributed by atoms with Gasteiger partial charge in [-0.2, -0.15) is 0 Å². The van der Waals surface area contributed by atoms with Crippen LogP contribution in [0.3, 0.4) is 0 Å². The summed E-state index contributed by atoms with van der Waals surface area (Å²) in [6, 6.07) is 13.3. The summed E-state index contributed by atoms with van der Waals surface area (Å²) < 4.78 is 16.6. The lowest BCUT2D eigenvalue weighted by Crippen LogP contribution is -2.26. The summed E-state index contributed by atoms with van der Waals surface area (Å²) in [6.45, 7) is 0.717. The highest BCUT2D eigenvalue weighted by Crippen LogP contribution is 2.37. The molecule has 0 fully saturated rings. The lowest BCUT2D eigenvalue weighted by atomic mass is 10.1. The molecule has 0 radical (unpaired) electrons. The minimum atomic E-state index is -0.435. The first-order chi connectivity index (χ1) is 11.7. The predicted molar refractivity (Wildman–Crippen MR) is 95.6 cm³/mol. The molecule has 1 amide bonds. The Hall–Kier alpha value is -2.21. The fourth-order valence-corrected chi connectivity index (χ4v) is 2.88. The number of amides is 1. The third-order valence-electron chi connectivity index (χ3n) is 3.44. The van der Waals surface area contributed by atoms with E-state index < -0.39 is 6.09 Å². The number of hydrogen-bond acceptors (Lipinski definition) is 4. The molecule has 0 aliphatic heterocycles. The van der Waals surface area contributed by atoms with Crippen LogP contribution in [0.5, 0.6) is 11.5 Å². The average Bonchev–Trinajstić information content (AvgIpc) is 2.62. The zero-order valence-electron chi connectivity index (χ0n) is 13.7. The fraction of sp³-hybridized carbons (Fsp3) is 0.278. The molecule has 0 saturated heterocycles. The first kappa shape index (κ1) is 18.1. The molecule has 1 N–H and O–H groups in total. The summed E-state index contributed by atoms with van der Waals surface area (Å²) in [7, 11) is 3.18. The second-order valence-electron chi connectivity index (χ2n) is 5.01. The van der Waals surface area contributed by atoms with Crippen molar-refractivity contribution in [2.24, 2.45) is 0 Å². The molecule has 0 aliphatic rings. The van der Waals surface area contributed by atoms with Gasteiger partial charge in [-0.25, -0.2) is 4.79 Å². The van der Waals surface area contributed by atoms with Crippen LogP contribution in [0.4, 0.5) is 4.79 Å². The molecule has 2 aromatic carbocycles. The molecular formula is C18H20BrNO4. The molecule has 0 saturated carbocycles. The van der Waals surface area contributed by atoms with Crippen LogP contribution in [0.15, 0.2) is 46.9 Å². The van der Waals surface area contributed by atoms with Crippen LogP contribution in [-0.4, -0.2) is 26.9 Å². The Balaban J connectivity index is 1.82. The van der Waals surface area contributed by atoms with Crippen LogP contribution in [0.1, 0.15) is 11.1 Å². The van der Waals surface area contributed by atoms with Crippen molar-refractivity contribution in [1.82, 2.24) is 5.32 Å². The van der Waals surface area contributed by atoms with Crippen LogP contribution in [0, 0.1) is 0 Å². The number of carbonyl (C=O) groups excluding carboxylic acids is 1. The van der Waals surface area contributed by atoms with Crippen molar-refractivity contribution in [3.05, 3.63) is 58.1 Å². The third-order valence-corrected chi connectivity index (χ3v) is 4.31. The van der Waals surface area contributed by atoms with E-state index in [1.165, 1.54) is 0 Å². The Kier molecular flexibility index (Phi) is 6.93. The zero-order valence-corrected chi connectivity index (χ0v) is 15.3. The summed E-state index contributed by atoms with van der Waals surface area (Å²) in [6.07, 6.45) is 0.205. The minimum Gasteiger partial charge on any atom is -0.493 e. The number of methoxy groups -OCH3 is 2. The first-order valence-electron chi connectivity index (χ1n) is 7.49. The second-order valence-corrected chi connectivity index (χ2v) is 5.81. The lowest BCUT2D eigenvalue weighted by Gasteiger charge is -2.13. The van der Waals surface area contributed by atoms with E-state index in [0.717, 1.165) is 15.6 Å². The van der Waals surface area contributed by atoms with Crippen LogP contribution >= 0.6 is 15.9 Å². The van der Waals surface area contributed by atoms with Crippen molar-refractivity contribution in [2.75, 3.05) is 20.8 Å². The highest BCUT2D eigenvalue weighted by molar-refractivity contribution is 9.10. The minimum absolute atomic E-state index is 0.257. The molecule has 0 aromatic heterocycles. The van der Waals surface area contributed by atoms with E-state index in [4.69, 9.17) is 14.2 Å². The van der Waals surface area contributed by atoms with Crippen molar-refractivity contribution in [1.29, 1.82) is 0 Å². The van der Waals surface area contributed by atoms with Gasteiger partial charge in [0, 0.05) is 6.54 Å². The Labute approximate surface area is 150 Å². The molecule has 0 spiro atoms. The molecule has 0 heterocycles. The van der Waals surface area contributed by atoms with Gasteiger partial charge >= 0.3 is 6.09 Å². The highest BCUT2D eigenvalue weighted by Gasteiger charge is 2.12. The van der Waals surface area contributed by atoms with Gasteiger partial charge in [-0.3, -0.25) is 0 Å². The molecule has 5 nitrogen and oxygen atoms in total. The second kappa shape index (κ2) is 9.17. The number of nitrogens with one attached hydrogen (secondary N) is 1. The highest BCUT2D eigenvalue weighted by atomic mass is 79.9. The zero-order chi connectivity index (χ0) is 17.4. The molecule has 0 aliphatic carbocycles. The number of alkyl carbamates (subject to hydrolysis) is 1. The van der Waals surface area contributed by atoms with Crippen LogP contribution < -0.4 is 14.8 Å². The van der Waals surface area contributed by atoms with Gasteiger partial charge in [0.15, 0.2) is 11.5 Å². The molecule has 0 bridgehead atoms. The van der Waals surface area contributed by atoms with E-state index in [0.29, 0.717) is 24.5 Å². The third kappa shape index (κ3) is 4.89. The van der Waals surface area contributed by atoms with Gasteiger partial charge in [0.1, 0.15) is 6.61 Å². The molecule has 0 unspecified atom stereocenters. The quantitative estimate of drug-likeness (QED) is 0.773. The monoisotopic (exact) mass is 393 g/mol. The van der Waals surface area contributed by atoms with Crippen molar-refractivity contribution >= 4 is 22.0 Å². The van der Waals surface area contributed by atoms with E-state index >= 15 is 0 Å². The van der Waals surface area contributed by atoms with Gasteiger partial charge in [0.05, 0.1) is 18.7 Å². The van der Waals surface area contributed by atoms with Crippen molar-refractivity contribution in [3.63, 3.8) is 0 Å². The molecular weight excluding hydrogens is 374 g/mol. The SMILES string of the molecule is COc1ccc(CCNC(=O)OCc2ccccc2)c(Br)c1OC. The predicted octanol–water partition coefficient (Wildman–Crippen LogP) is 3.94. The lowest BCUT2D eigenvalue weighted by molar-refractivity contribution is 0.140. The largest absolute Gasteiger partial charge is 0.493 e. The van der Waals surface area contributed by atoms with E-state index in [1.807, 2.05) is 42.5 Å². The van der Waals surface area contributed by atoms with Gasteiger partial charge in [0.25, 0.3) is 0 Å². The number of benzene rings is 2. The topological polar surface area (TPSA) is 56.8 Å². The maximum Gasteiger partial charge on any atom is 0.407 e. The Bertz CT molecular complexity index is 676. The summed E-state index contributed by atoms with van der Waals surface area (Å²) in [5.74, 6) is 1.30. The summed E-state index contributed by atoms with van der Waals surface area (Å²) >= 11 is 3.51. The number of halogens is 1. The van der Waals surface area contributed by atoms with E-state index in [1.54, 1.807) is 14.2 Å². The number of hydrogen-bond donors (Lipinski definition) is 1. The summed E-state index contributed by atoms with van der Waals surface area (Å²) in [4.78, 5) is 11.7. The van der Waals surface area contributed by atoms with Gasteiger partial charge in [0.2, 0.25) is 0 Å². The number of rotatable bonds is 7. The fourth-order valence-electron chi connectivity index (χ4n) is 2.20. The van der Waals surface area contributed by atoms with E-state index in [2.05, 4.69) is 21.2 Å².